The molecule has 0 saturated heterocycles. The van der Waals surface area contributed by atoms with E-state index in [0.717, 1.165) is 128 Å². The second-order valence-electron chi connectivity index (χ2n) is 16.2. The minimum atomic E-state index is -0.809. The van der Waals surface area contributed by atoms with Crippen LogP contribution in [0.1, 0.15) is 194 Å². The molecule has 0 aromatic carbocycles. The van der Waals surface area contributed by atoms with Crippen molar-refractivity contribution in [3.63, 3.8) is 0 Å². The number of hydrogen-bond donors (Lipinski definition) is 0. The van der Waals surface area contributed by atoms with Crippen molar-refractivity contribution in [3.05, 3.63) is 134 Å². The summed E-state index contributed by atoms with van der Waals surface area (Å²) in [6, 6.07) is 0. The molecule has 0 bridgehead atoms. The van der Waals surface area contributed by atoms with E-state index in [-0.39, 0.29) is 31.1 Å². The highest BCUT2D eigenvalue weighted by Crippen LogP contribution is 2.13. The summed E-state index contributed by atoms with van der Waals surface area (Å²) < 4.78 is 16.7. The molecule has 0 saturated carbocycles. The molecular weight excluding hydrogens is 793 g/mol. The van der Waals surface area contributed by atoms with Crippen LogP contribution in [0.5, 0.6) is 0 Å². The molecule has 1 unspecified atom stereocenters. The van der Waals surface area contributed by atoms with Crippen LogP contribution in [0, 0.1) is 0 Å². The quantitative estimate of drug-likeness (QED) is 0.0263. The van der Waals surface area contributed by atoms with Crippen molar-refractivity contribution >= 4 is 17.9 Å². The summed E-state index contributed by atoms with van der Waals surface area (Å²) in [6.45, 7) is 6.21. The predicted molar refractivity (Wildman–Crippen MR) is 274 cm³/mol. The van der Waals surface area contributed by atoms with E-state index in [1.54, 1.807) is 0 Å². The fourth-order valence-corrected chi connectivity index (χ4v) is 6.35. The zero-order valence-electron chi connectivity index (χ0n) is 40.7. The van der Waals surface area contributed by atoms with Crippen LogP contribution >= 0.6 is 0 Å². The van der Waals surface area contributed by atoms with Gasteiger partial charge in [0.05, 0.1) is 0 Å². The van der Waals surface area contributed by atoms with Gasteiger partial charge in [0.1, 0.15) is 13.2 Å². The highest BCUT2D eigenvalue weighted by atomic mass is 16.6. The summed E-state index contributed by atoms with van der Waals surface area (Å²) in [6.07, 6.45) is 71.4. The summed E-state index contributed by atoms with van der Waals surface area (Å²) in [7, 11) is 0. The van der Waals surface area contributed by atoms with E-state index >= 15 is 0 Å². The molecule has 1 atom stereocenters. The highest BCUT2D eigenvalue weighted by Gasteiger charge is 2.19. The Morgan fingerprint density at radius 3 is 0.953 bits per heavy atom. The Morgan fingerprint density at radius 1 is 0.328 bits per heavy atom. The number of carbonyl (C=O) groups is 3. The number of ether oxygens (including phenoxy) is 3. The highest BCUT2D eigenvalue weighted by molar-refractivity contribution is 5.71. The second-order valence-corrected chi connectivity index (χ2v) is 16.2. The van der Waals surface area contributed by atoms with Crippen LogP contribution in [0.4, 0.5) is 0 Å². The number of unbranched alkanes of at least 4 members (excludes halogenated alkanes) is 18. The van der Waals surface area contributed by atoms with Gasteiger partial charge in [0, 0.05) is 19.3 Å². The molecule has 0 spiro atoms. The fraction of sp³-hybridized carbons (Fsp3) is 0.569. The summed E-state index contributed by atoms with van der Waals surface area (Å²) in [4.78, 5) is 38.0. The molecule has 0 aromatic heterocycles. The molecule has 358 valence electrons. The SMILES string of the molecule is CC/C=C/C=C/C=C/CCCCCCCCCC(=O)OC(COC(=O)CCCCCCC/C=C/C=C/C=C/C=C/C=C/CCC)COC(=O)CCCCCCC/C=C/C=C/C=C/CC. The molecule has 0 amide bonds. The van der Waals surface area contributed by atoms with Gasteiger partial charge < -0.3 is 14.2 Å². The Morgan fingerprint density at radius 2 is 0.609 bits per heavy atom. The van der Waals surface area contributed by atoms with Gasteiger partial charge in [0.2, 0.25) is 0 Å². The third kappa shape index (κ3) is 48.6. The number of esters is 3. The number of hydrogen-bond acceptors (Lipinski definition) is 6. The van der Waals surface area contributed by atoms with Gasteiger partial charge in [-0.05, 0) is 77.0 Å². The third-order valence-corrected chi connectivity index (χ3v) is 10.1. The molecule has 6 heteroatoms. The first-order chi connectivity index (χ1) is 31.5. The smallest absolute Gasteiger partial charge is 0.306 e. The maximum atomic E-state index is 12.8. The second kappa shape index (κ2) is 51.2. The molecule has 6 nitrogen and oxygen atoms in total. The predicted octanol–water partition coefficient (Wildman–Crippen LogP) is 16.7. The van der Waals surface area contributed by atoms with Gasteiger partial charge in [-0.1, -0.05) is 231 Å². The Labute approximate surface area is 392 Å². The lowest BCUT2D eigenvalue weighted by Gasteiger charge is -2.18. The van der Waals surface area contributed by atoms with Crippen molar-refractivity contribution in [1.82, 2.24) is 0 Å². The molecule has 0 N–H and O–H groups in total. The molecule has 0 aliphatic rings. The molecule has 0 aliphatic carbocycles. The van der Waals surface area contributed by atoms with E-state index in [9.17, 15) is 14.4 Å². The minimum Gasteiger partial charge on any atom is -0.462 e. The first-order valence-electron chi connectivity index (χ1n) is 25.3. The van der Waals surface area contributed by atoms with Crippen LogP contribution in [0.2, 0.25) is 0 Å². The van der Waals surface area contributed by atoms with Crippen molar-refractivity contribution < 1.29 is 28.6 Å². The van der Waals surface area contributed by atoms with Crippen LogP contribution in [-0.2, 0) is 28.6 Å². The van der Waals surface area contributed by atoms with E-state index < -0.39 is 6.10 Å². The van der Waals surface area contributed by atoms with Gasteiger partial charge in [-0.25, -0.2) is 0 Å². The lowest BCUT2D eigenvalue weighted by atomic mass is 10.1. The van der Waals surface area contributed by atoms with Gasteiger partial charge >= 0.3 is 17.9 Å². The maximum Gasteiger partial charge on any atom is 0.306 e. The molecular formula is C58H90O6. The van der Waals surface area contributed by atoms with Gasteiger partial charge in [-0.15, -0.1) is 0 Å². The monoisotopic (exact) mass is 883 g/mol. The van der Waals surface area contributed by atoms with E-state index in [4.69, 9.17) is 14.2 Å². The standard InChI is InChI=1S/C58H90O6/c1-4-7-10-13-16-19-22-25-27-28-29-31-33-36-39-42-45-48-51-57(60)63-54-55(53-62-56(59)50-47-44-41-38-35-32-24-21-18-15-12-9-6-3)64-58(61)52-49-46-43-40-37-34-30-26-23-20-17-14-11-8-5-2/h8-25,27-29,31,55H,4-7,26,30,32-54H2,1-3H3/b11-8+,12-9+,13-10+,17-14+,18-15+,19-16+,23-20+,24-21+,25-22+,28-27+,31-29+. The van der Waals surface area contributed by atoms with Crippen molar-refractivity contribution in [2.24, 2.45) is 0 Å². The Balaban J connectivity index is 4.52. The van der Waals surface area contributed by atoms with Crippen LogP contribution in [-0.4, -0.2) is 37.2 Å². The fourth-order valence-electron chi connectivity index (χ4n) is 6.35. The van der Waals surface area contributed by atoms with Crippen LogP contribution in [0.15, 0.2) is 134 Å². The van der Waals surface area contributed by atoms with Crippen molar-refractivity contribution in [2.45, 2.75) is 200 Å². The van der Waals surface area contributed by atoms with Gasteiger partial charge in [0.25, 0.3) is 0 Å². The molecule has 0 fully saturated rings. The lowest BCUT2D eigenvalue weighted by molar-refractivity contribution is -0.167. The average molecular weight is 883 g/mol. The normalized spacial score (nSPS) is 13.2. The van der Waals surface area contributed by atoms with E-state index in [0.29, 0.717) is 19.3 Å². The van der Waals surface area contributed by atoms with E-state index in [1.165, 1.54) is 25.7 Å². The first kappa shape index (κ1) is 59.5. The van der Waals surface area contributed by atoms with Crippen LogP contribution in [0.25, 0.3) is 0 Å². The topological polar surface area (TPSA) is 78.9 Å². The van der Waals surface area contributed by atoms with Crippen molar-refractivity contribution in [2.75, 3.05) is 13.2 Å². The van der Waals surface area contributed by atoms with Crippen LogP contribution < -0.4 is 0 Å². The van der Waals surface area contributed by atoms with Gasteiger partial charge in [-0.3, -0.25) is 14.4 Å². The van der Waals surface area contributed by atoms with E-state index in [1.807, 2.05) is 42.5 Å². The molecule has 0 radical (unpaired) electrons. The van der Waals surface area contributed by atoms with Gasteiger partial charge in [-0.2, -0.15) is 0 Å². The minimum absolute atomic E-state index is 0.108. The number of allylic oxidation sites excluding steroid dienone is 22. The Kier molecular flexibility index (Phi) is 47.6. The maximum absolute atomic E-state index is 12.8. The summed E-state index contributed by atoms with van der Waals surface area (Å²) in [5.74, 6) is -0.974. The average Bonchev–Trinajstić information content (AvgIpc) is 3.29. The summed E-state index contributed by atoms with van der Waals surface area (Å²) in [5, 5.41) is 0. The van der Waals surface area contributed by atoms with Crippen LogP contribution in [0.3, 0.4) is 0 Å². The molecule has 0 aliphatic heterocycles. The summed E-state index contributed by atoms with van der Waals surface area (Å²) in [5.41, 5.74) is 0. The third-order valence-electron chi connectivity index (χ3n) is 10.1. The Bertz CT molecular complexity index is 1430. The zero-order valence-corrected chi connectivity index (χ0v) is 40.7. The first-order valence-corrected chi connectivity index (χ1v) is 25.3. The Hall–Kier alpha value is -4.45. The molecule has 0 aromatic rings. The lowest BCUT2D eigenvalue weighted by Crippen LogP contribution is -2.30. The van der Waals surface area contributed by atoms with Gasteiger partial charge in [0.15, 0.2) is 6.10 Å². The molecule has 0 rings (SSSR count). The van der Waals surface area contributed by atoms with E-state index in [2.05, 4.69) is 112 Å². The number of carbonyl (C=O) groups excluding carboxylic acids is 3. The van der Waals surface area contributed by atoms with Crippen molar-refractivity contribution in [3.8, 4) is 0 Å². The number of rotatable bonds is 43. The van der Waals surface area contributed by atoms with Crippen molar-refractivity contribution in [1.29, 1.82) is 0 Å². The zero-order chi connectivity index (χ0) is 46.5. The molecule has 0 heterocycles. The largest absolute Gasteiger partial charge is 0.462 e. The molecule has 64 heavy (non-hydrogen) atoms. The summed E-state index contributed by atoms with van der Waals surface area (Å²) >= 11 is 0.